The number of hydrogen-bond acceptors (Lipinski definition) is 4. The van der Waals surface area contributed by atoms with E-state index in [4.69, 9.17) is 0 Å². The number of aromatic nitrogens is 2. The summed E-state index contributed by atoms with van der Waals surface area (Å²) in [6.45, 7) is 4.90. The quantitative estimate of drug-likeness (QED) is 0.314. The van der Waals surface area contributed by atoms with Crippen molar-refractivity contribution in [2.45, 2.75) is 26.4 Å². The third-order valence-electron chi connectivity index (χ3n) is 4.47. The van der Waals surface area contributed by atoms with Gasteiger partial charge in [-0.3, -0.25) is 24.0 Å². The van der Waals surface area contributed by atoms with Crippen molar-refractivity contribution < 1.29 is 26.4 Å². The predicted octanol–water partition coefficient (Wildman–Crippen LogP) is -1.39. The summed E-state index contributed by atoms with van der Waals surface area (Å²) in [7, 11) is 5.49. The molecule has 0 saturated carbocycles. The lowest BCUT2D eigenvalue weighted by Crippen LogP contribution is -3.00. The summed E-state index contributed by atoms with van der Waals surface area (Å²) in [4.78, 5) is 34.7. The van der Waals surface area contributed by atoms with Crippen LogP contribution in [0.2, 0.25) is 0 Å². The van der Waals surface area contributed by atoms with E-state index in [1.54, 1.807) is 23.6 Å². The van der Waals surface area contributed by atoms with Crippen LogP contribution in [0.1, 0.15) is 24.2 Å². The van der Waals surface area contributed by atoms with Crippen LogP contribution in [0.15, 0.2) is 39.9 Å². The van der Waals surface area contributed by atoms with Crippen LogP contribution in [0.25, 0.3) is 0 Å². The minimum atomic E-state index is -0.403. The SMILES string of the molecule is Cc1cc(=O)n(C)c(=O)n1C(C)C[N+](C)(C)Cc1cccc([N+](=O)[O-])c1.[Br-]. The molecule has 0 N–H and O–H groups in total. The summed E-state index contributed by atoms with van der Waals surface area (Å²) in [5.74, 6) is 0. The molecule has 0 aliphatic rings. The van der Waals surface area contributed by atoms with E-state index in [1.807, 2.05) is 27.1 Å². The molecule has 0 fully saturated rings. The Morgan fingerprint density at radius 1 is 1.22 bits per heavy atom. The highest BCUT2D eigenvalue weighted by molar-refractivity contribution is 5.33. The highest BCUT2D eigenvalue weighted by atomic mass is 79.9. The van der Waals surface area contributed by atoms with Crippen LogP contribution >= 0.6 is 0 Å². The molecule has 8 nitrogen and oxygen atoms in total. The first-order valence-electron chi connectivity index (χ1n) is 8.36. The number of nitro benzene ring substituents is 1. The molecular weight excluding hydrogens is 416 g/mol. The van der Waals surface area contributed by atoms with Crippen LogP contribution in [0.4, 0.5) is 5.69 Å². The minimum Gasteiger partial charge on any atom is -1.00 e. The van der Waals surface area contributed by atoms with Gasteiger partial charge in [0.15, 0.2) is 0 Å². The zero-order valence-corrected chi connectivity index (χ0v) is 17.8. The fraction of sp³-hybridized carbons (Fsp3) is 0.444. The van der Waals surface area contributed by atoms with E-state index < -0.39 is 4.92 Å². The van der Waals surface area contributed by atoms with Crippen molar-refractivity contribution in [3.63, 3.8) is 0 Å². The van der Waals surface area contributed by atoms with Crippen molar-refractivity contribution in [2.24, 2.45) is 7.05 Å². The van der Waals surface area contributed by atoms with E-state index in [2.05, 4.69) is 0 Å². The molecule has 0 amide bonds. The Morgan fingerprint density at radius 2 is 1.85 bits per heavy atom. The molecule has 2 rings (SSSR count). The number of rotatable bonds is 6. The number of benzene rings is 1. The monoisotopic (exact) mass is 440 g/mol. The van der Waals surface area contributed by atoms with Crippen molar-refractivity contribution in [2.75, 3.05) is 20.6 Å². The lowest BCUT2D eigenvalue weighted by molar-refractivity contribution is -0.905. The fourth-order valence-corrected chi connectivity index (χ4v) is 3.41. The molecule has 0 aliphatic carbocycles. The standard InChI is InChI=1S/C18H25N4O4.BrH/c1-13-9-17(23)19(3)18(24)20(13)14(2)11-22(4,5)12-15-7-6-8-16(10-15)21(25)26;/h6-10,14H,11-12H2,1-5H3;1H/q+1;/p-1. The lowest BCUT2D eigenvalue weighted by Gasteiger charge is -2.33. The second kappa shape index (κ2) is 8.62. The maximum Gasteiger partial charge on any atom is 0.331 e. The van der Waals surface area contributed by atoms with E-state index >= 15 is 0 Å². The Balaban J connectivity index is 0.00000364. The molecule has 2 aromatic rings. The number of hydrogen-bond donors (Lipinski definition) is 0. The molecule has 1 atom stereocenters. The van der Waals surface area contributed by atoms with Gasteiger partial charge in [0.05, 0.1) is 31.6 Å². The van der Waals surface area contributed by atoms with Gasteiger partial charge in [0, 0.05) is 36.5 Å². The van der Waals surface area contributed by atoms with Crippen LogP contribution in [-0.4, -0.2) is 39.2 Å². The maximum absolute atomic E-state index is 12.5. The molecule has 0 aliphatic heterocycles. The van der Waals surface area contributed by atoms with Gasteiger partial charge in [0.1, 0.15) is 6.54 Å². The summed E-state index contributed by atoms with van der Waals surface area (Å²) in [5, 5.41) is 11.0. The molecule has 0 radical (unpaired) electrons. The highest BCUT2D eigenvalue weighted by Gasteiger charge is 2.24. The number of halogens is 1. The zero-order chi connectivity index (χ0) is 19.6. The minimum absolute atomic E-state index is 0. The first-order chi connectivity index (χ1) is 12.0. The first kappa shape index (κ1) is 22.8. The summed E-state index contributed by atoms with van der Waals surface area (Å²) >= 11 is 0. The van der Waals surface area contributed by atoms with Gasteiger partial charge >= 0.3 is 5.69 Å². The molecular formula is C18H25BrN4O4. The summed E-state index contributed by atoms with van der Waals surface area (Å²) < 4.78 is 3.26. The van der Waals surface area contributed by atoms with Gasteiger partial charge in [-0.05, 0) is 13.8 Å². The number of aryl methyl sites for hydroxylation is 1. The van der Waals surface area contributed by atoms with Crippen molar-refractivity contribution in [3.05, 3.63) is 72.5 Å². The number of nitro groups is 1. The molecule has 9 heteroatoms. The Morgan fingerprint density at radius 3 is 2.44 bits per heavy atom. The highest BCUT2D eigenvalue weighted by Crippen LogP contribution is 2.19. The van der Waals surface area contributed by atoms with E-state index in [0.717, 1.165) is 10.1 Å². The Labute approximate surface area is 168 Å². The van der Waals surface area contributed by atoms with E-state index in [0.29, 0.717) is 23.3 Å². The van der Waals surface area contributed by atoms with Gasteiger partial charge in [-0.25, -0.2) is 4.79 Å². The van der Waals surface area contributed by atoms with Crippen molar-refractivity contribution in [1.29, 1.82) is 0 Å². The summed E-state index contributed by atoms with van der Waals surface area (Å²) in [6, 6.07) is 7.91. The molecule has 1 unspecified atom stereocenters. The number of non-ortho nitro benzene ring substituents is 1. The summed E-state index contributed by atoms with van der Waals surface area (Å²) in [5.41, 5.74) is 0.904. The summed E-state index contributed by atoms with van der Waals surface area (Å²) in [6.07, 6.45) is 0. The normalized spacial score (nSPS) is 12.3. The number of nitrogens with zero attached hydrogens (tertiary/aromatic N) is 4. The third-order valence-corrected chi connectivity index (χ3v) is 4.47. The van der Waals surface area contributed by atoms with Gasteiger partial charge in [-0.15, -0.1) is 0 Å². The van der Waals surface area contributed by atoms with Gasteiger partial charge in [-0.1, -0.05) is 12.1 Å². The molecule has 0 saturated heterocycles. The second-order valence-electron chi connectivity index (χ2n) is 7.39. The first-order valence-corrected chi connectivity index (χ1v) is 8.36. The average molecular weight is 441 g/mol. The topological polar surface area (TPSA) is 87.1 Å². The smallest absolute Gasteiger partial charge is 0.331 e. The van der Waals surface area contributed by atoms with E-state index in [9.17, 15) is 19.7 Å². The van der Waals surface area contributed by atoms with Crippen LogP contribution in [0.3, 0.4) is 0 Å². The van der Waals surface area contributed by atoms with Crippen molar-refractivity contribution in [3.8, 4) is 0 Å². The molecule has 1 aromatic heterocycles. The molecule has 148 valence electrons. The lowest BCUT2D eigenvalue weighted by atomic mass is 10.1. The maximum atomic E-state index is 12.5. The Hall–Kier alpha value is -2.26. The molecule has 27 heavy (non-hydrogen) atoms. The van der Waals surface area contributed by atoms with Crippen LogP contribution in [0, 0.1) is 17.0 Å². The van der Waals surface area contributed by atoms with Crippen LogP contribution < -0.4 is 28.2 Å². The molecule has 1 aromatic carbocycles. The molecule has 0 spiro atoms. The Kier molecular flexibility index (Phi) is 7.27. The van der Waals surface area contributed by atoms with Gasteiger partial charge in [0.2, 0.25) is 0 Å². The van der Waals surface area contributed by atoms with Crippen molar-refractivity contribution in [1.82, 2.24) is 9.13 Å². The average Bonchev–Trinajstić information content (AvgIpc) is 2.51. The predicted molar refractivity (Wildman–Crippen MR) is 99.2 cm³/mol. The largest absolute Gasteiger partial charge is 1.00 e. The second-order valence-corrected chi connectivity index (χ2v) is 7.39. The van der Waals surface area contributed by atoms with Gasteiger partial charge in [-0.2, -0.15) is 0 Å². The third kappa shape index (κ3) is 5.36. The van der Waals surface area contributed by atoms with Crippen molar-refractivity contribution >= 4 is 5.69 Å². The van der Waals surface area contributed by atoms with Crippen LogP contribution in [0.5, 0.6) is 0 Å². The molecule has 0 bridgehead atoms. The number of likely N-dealkylation sites (N-methyl/N-ethyl adjacent to an activating group) is 1. The zero-order valence-electron chi connectivity index (χ0n) is 16.2. The molecule has 1 heterocycles. The fourth-order valence-electron chi connectivity index (χ4n) is 3.41. The van der Waals surface area contributed by atoms with E-state index in [1.165, 1.54) is 19.2 Å². The van der Waals surface area contributed by atoms with Gasteiger partial charge in [0.25, 0.3) is 11.2 Å². The number of quaternary nitrogens is 1. The van der Waals surface area contributed by atoms with E-state index in [-0.39, 0.29) is 40.0 Å². The van der Waals surface area contributed by atoms with Gasteiger partial charge < -0.3 is 21.5 Å². The Bertz CT molecular complexity index is 949. The van der Waals surface area contributed by atoms with Crippen LogP contribution in [-0.2, 0) is 13.6 Å².